The highest BCUT2D eigenvalue weighted by molar-refractivity contribution is 8.00. The molecule has 10 N–H and O–H groups in total. The van der Waals surface area contributed by atoms with Crippen LogP contribution in [0.3, 0.4) is 0 Å². The van der Waals surface area contributed by atoms with Crippen LogP contribution < -0.4 is 53.2 Å². The van der Waals surface area contributed by atoms with Crippen LogP contribution in [0, 0.1) is 0 Å². The number of ether oxygens (including phenoxy) is 6. The first-order valence-corrected chi connectivity index (χ1v) is 26.1. The van der Waals surface area contributed by atoms with Gasteiger partial charge in [0.2, 0.25) is 11.8 Å². The second kappa shape index (κ2) is 33.0. The predicted octanol–water partition coefficient (Wildman–Crippen LogP) is -0.464. The van der Waals surface area contributed by atoms with Crippen LogP contribution in [0.25, 0.3) is 0 Å². The molecule has 23 nitrogen and oxygen atoms in total. The van der Waals surface area contributed by atoms with Gasteiger partial charge in [-0.05, 0) is 50.8 Å². The zero-order valence-corrected chi connectivity index (χ0v) is 41.8. The summed E-state index contributed by atoms with van der Waals surface area (Å²) in [7, 11) is 0. The van der Waals surface area contributed by atoms with Crippen molar-refractivity contribution in [3.05, 3.63) is 34.9 Å². The van der Waals surface area contributed by atoms with E-state index in [1.165, 1.54) is 18.2 Å². The third-order valence-corrected chi connectivity index (χ3v) is 13.6. The summed E-state index contributed by atoms with van der Waals surface area (Å²) in [5, 5.41) is 29.6. The molecule has 4 aliphatic heterocycles. The standard InChI is InChI=1S/C47H76N10O13S/c1-2-65-21-22-68-18-13-50-43(60)32-27-33(44(61)51-14-19-69-25-23-66-16-11-48-39(58)9-5-3-7-35-41-36(30-53-35)54-46(63)56-41)29-34(28-32)45(62)52-15-20-70-26-24-67-17-12-49-40(59)10-6-4-8-38-42-37(31-71-38)55-47(64)57-42/h27-29,35-38,41-42,53H,2-26,30-31H2,1H3,(H,48,58)(H,49,59)(H,50,60)(H,51,61)(H,52,62)(H2,54,56,63)(H2,55,57,64). The number of nitrogens with one attached hydrogen (secondary N) is 10. The summed E-state index contributed by atoms with van der Waals surface area (Å²) in [5.74, 6) is -0.621. The Labute approximate surface area is 420 Å². The van der Waals surface area contributed by atoms with E-state index in [-0.39, 0.29) is 123 Å². The smallest absolute Gasteiger partial charge is 0.315 e. The zero-order valence-electron chi connectivity index (χ0n) is 41.0. The quantitative estimate of drug-likeness (QED) is 0.0296. The Morgan fingerprint density at radius 3 is 1.42 bits per heavy atom. The van der Waals surface area contributed by atoms with Crippen LogP contribution >= 0.6 is 11.8 Å². The molecular weight excluding hydrogens is 945 g/mol. The maximum atomic E-state index is 13.2. The van der Waals surface area contributed by atoms with Crippen LogP contribution in [-0.4, -0.2) is 201 Å². The summed E-state index contributed by atoms with van der Waals surface area (Å²) in [6.45, 7) is 7.77. The van der Waals surface area contributed by atoms with Gasteiger partial charge < -0.3 is 81.6 Å². The molecule has 4 aliphatic rings. The predicted molar refractivity (Wildman–Crippen MR) is 264 cm³/mol. The number of thioether (sulfide) groups is 1. The molecule has 0 spiro atoms. The number of amides is 9. The monoisotopic (exact) mass is 1020 g/mol. The SMILES string of the molecule is CCOCCOCCNC(=O)c1cc(C(=O)NCCOCCOCCNC(=O)CCCCC2NCC3NC(=O)NC23)cc(C(=O)NCCOCCOCCNC(=O)CCCCC2SCC3NC(=O)NC32)c1. The van der Waals surface area contributed by atoms with E-state index in [1.54, 1.807) is 0 Å². The van der Waals surface area contributed by atoms with Crippen LogP contribution in [0.1, 0.15) is 89.4 Å². The molecular formula is C47H76N10O13S. The fourth-order valence-electron chi connectivity index (χ4n) is 8.47. The van der Waals surface area contributed by atoms with Gasteiger partial charge in [-0.2, -0.15) is 11.8 Å². The Morgan fingerprint density at radius 1 is 0.521 bits per heavy atom. The highest BCUT2D eigenvalue weighted by atomic mass is 32.2. The van der Waals surface area contributed by atoms with Gasteiger partial charge in [-0.15, -0.1) is 0 Å². The van der Waals surface area contributed by atoms with Gasteiger partial charge in [-0.25, -0.2) is 9.59 Å². The van der Waals surface area contributed by atoms with Gasteiger partial charge in [0.05, 0.1) is 96.8 Å². The molecule has 9 amide bonds. The molecule has 4 fully saturated rings. The summed E-state index contributed by atoms with van der Waals surface area (Å²) in [4.78, 5) is 87.1. The first-order valence-electron chi connectivity index (χ1n) is 25.1. The summed E-state index contributed by atoms with van der Waals surface area (Å²) < 4.78 is 33.0. The molecule has 0 aliphatic carbocycles. The second-order valence-corrected chi connectivity index (χ2v) is 18.7. The van der Waals surface area contributed by atoms with E-state index in [2.05, 4.69) is 53.2 Å². The Morgan fingerprint density at radius 2 is 0.944 bits per heavy atom. The first-order chi connectivity index (χ1) is 34.6. The minimum atomic E-state index is -0.498. The average Bonchev–Trinajstić information content (AvgIpc) is 4.13. The van der Waals surface area contributed by atoms with Gasteiger partial charge >= 0.3 is 12.1 Å². The van der Waals surface area contributed by atoms with Gasteiger partial charge in [0.15, 0.2) is 0 Å². The van der Waals surface area contributed by atoms with E-state index >= 15 is 0 Å². The van der Waals surface area contributed by atoms with Crippen molar-refractivity contribution in [2.24, 2.45) is 0 Å². The minimum absolute atomic E-state index is 0.0259. The Bertz CT molecular complexity index is 1740. The molecule has 0 aromatic heterocycles. The second-order valence-electron chi connectivity index (χ2n) is 17.4. The van der Waals surface area contributed by atoms with Crippen molar-refractivity contribution in [2.75, 3.05) is 124 Å². The lowest BCUT2D eigenvalue weighted by Gasteiger charge is -2.17. The van der Waals surface area contributed by atoms with Crippen molar-refractivity contribution < 1.29 is 62.0 Å². The molecule has 5 rings (SSSR count). The van der Waals surface area contributed by atoms with Crippen molar-refractivity contribution in [3.63, 3.8) is 0 Å². The van der Waals surface area contributed by atoms with E-state index in [0.29, 0.717) is 77.4 Å². The summed E-state index contributed by atoms with van der Waals surface area (Å²) in [6.07, 6.45) is 6.04. The molecule has 4 saturated heterocycles. The van der Waals surface area contributed by atoms with E-state index in [0.717, 1.165) is 50.8 Å². The van der Waals surface area contributed by atoms with Gasteiger partial charge in [0.25, 0.3) is 17.7 Å². The fourth-order valence-corrected chi connectivity index (χ4v) is 10.0. The van der Waals surface area contributed by atoms with E-state index in [1.807, 2.05) is 18.7 Å². The summed E-state index contributed by atoms with van der Waals surface area (Å²) in [5.41, 5.74) is 0.348. The number of hydrogen-bond donors (Lipinski definition) is 10. The number of fused-ring (bicyclic) bond motifs is 2. The Kier molecular flexibility index (Phi) is 26.5. The maximum absolute atomic E-state index is 13.2. The first kappa shape index (κ1) is 57.1. The van der Waals surface area contributed by atoms with Crippen molar-refractivity contribution in [1.29, 1.82) is 0 Å². The number of carbonyl (C=O) groups is 7. The summed E-state index contributed by atoms with van der Waals surface area (Å²) >= 11 is 1.87. The maximum Gasteiger partial charge on any atom is 0.315 e. The highest BCUT2D eigenvalue weighted by Crippen LogP contribution is 2.33. The molecule has 0 bridgehead atoms. The van der Waals surface area contributed by atoms with Crippen molar-refractivity contribution in [1.82, 2.24) is 53.2 Å². The molecule has 6 atom stereocenters. The Hall–Kier alpha value is -4.82. The molecule has 71 heavy (non-hydrogen) atoms. The summed E-state index contributed by atoms with van der Waals surface area (Å²) in [6, 6.07) is 4.86. The normalized spacial score (nSPS) is 20.8. The van der Waals surface area contributed by atoms with Crippen LogP contribution in [-0.2, 0) is 38.0 Å². The molecule has 1 aromatic rings. The molecule has 4 heterocycles. The third kappa shape index (κ3) is 21.4. The largest absolute Gasteiger partial charge is 0.379 e. The van der Waals surface area contributed by atoms with Gasteiger partial charge in [0.1, 0.15) is 0 Å². The number of urea groups is 2. The number of hydrogen-bond acceptors (Lipinski definition) is 15. The number of carbonyl (C=O) groups excluding carboxylic acids is 7. The lowest BCUT2D eigenvalue weighted by molar-refractivity contribution is -0.122. The lowest BCUT2D eigenvalue weighted by atomic mass is 10.0. The molecule has 0 saturated carbocycles. The van der Waals surface area contributed by atoms with Gasteiger partial charge in [-0.3, -0.25) is 24.0 Å². The highest BCUT2D eigenvalue weighted by Gasteiger charge is 2.43. The lowest BCUT2D eigenvalue weighted by Crippen LogP contribution is -2.40. The third-order valence-electron chi connectivity index (χ3n) is 12.1. The molecule has 1 aromatic carbocycles. The average molecular weight is 1020 g/mol. The van der Waals surface area contributed by atoms with Gasteiger partial charge in [-0.1, -0.05) is 12.8 Å². The van der Waals surface area contributed by atoms with Crippen LogP contribution in [0.5, 0.6) is 0 Å². The van der Waals surface area contributed by atoms with E-state index in [9.17, 15) is 33.6 Å². The number of unbranched alkanes of at least 4 members (excludes halogenated alkanes) is 2. The zero-order chi connectivity index (χ0) is 50.5. The molecule has 6 unspecified atom stereocenters. The van der Waals surface area contributed by atoms with Gasteiger partial charge in [0, 0.05) is 92.5 Å². The van der Waals surface area contributed by atoms with Crippen molar-refractivity contribution in [3.8, 4) is 0 Å². The van der Waals surface area contributed by atoms with Crippen molar-refractivity contribution >= 4 is 53.4 Å². The molecule has 0 radical (unpaired) electrons. The van der Waals surface area contributed by atoms with Crippen molar-refractivity contribution in [2.45, 2.75) is 93.7 Å². The Balaban J connectivity index is 0.894. The van der Waals surface area contributed by atoms with Crippen LogP contribution in [0.4, 0.5) is 9.59 Å². The number of benzene rings is 1. The molecule has 24 heteroatoms. The van der Waals surface area contributed by atoms with Crippen LogP contribution in [0.2, 0.25) is 0 Å². The van der Waals surface area contributed by atoms with E-state index in [4.69, 9.17) is 28.4 Å². The fraction of sp³-hybridized carbons (Fsp3) is 0.723. The minimum Gasteiger partial charge on any atom is -0.379 e. The number of rotatable bonds is 38. The molecule has 398 valence electrons. The van der Waals surface area contributed by atoms with Crippen LogP contribution in [0.15, 0.2) is 18.2 Å². The topological polar surface area (TPSA) is 295 Å². The van der Waals surface area contributed by atoms with E-state index < -0.39 is 17.7 Å².